The predicted molar refractivity (Wildman–Crippen MR) is 128 cm³/mol. The minimum Gasteiger partial charge on any atom is -0.493 e. The summed E-state index contributed by atoms with van der Waals surface area (Å²) < 4.78 is 11.5. The first-order valence-corrected chi connectivity index (χ1v) is 12.0. The molecule has 2 amide bonds. The van der Waals surface area contributed by atoms with E-state index in [1.54, 1.807) is 13.2 Å². The number of amides is 2. The zero-order valence-electron chi connectivity index (χ0n) is 18.6. The van der Waals surface area contributed by atoms with Crippen LogP contribution in [-0.2, 0) is 11.4 Å². The van der Waals surface area contributed by atoms with Gasteiger partial charge in [0.25, 0.3) is 11.1 Å². The average Bonchev–Trinajstić information content (AvgIpc) is 3.06. The Balaban J connectivity index is 1.45. The van der Waals surface area contributed by atoms with Gasteiger partial charge in [-0.3, -0.25) is 14.5 Å². The Morgan fingerprint density at radius 2 is 1.88 bits per heavy atom. The molecule has 2 aromatic rings. The lowest BCUT2D eigenvalue weighted by molar-refractivity contribution is -0.123. The van der Waals surface area contributed by atoms with Crippen LogP contribution in [0.4, 0.5) is 4.79 Å². The van der Waals surface area contributed by atoms with Gasteiger partial charge in [-0.25, -0.2) is 0 Å². The van der Waals surface area contributed by atoms with E-state index in [4.69, 9.17) is 9.47 Å². The van der Waals surface area contributed by atoms with Gasteiger partial charge >= 0.3 is 0 Å². The van der Waals surface area contributed by atoms with E-state index in [0.717, 1.165) is 35.7 Å². The summed E-state index contributed by atoms with van der Waals surface area (Å²) in [6.45, 7) is 3.03. The van der Waals surface area contributed by atoms with E-state index in [9.17, 15) is 9.59 Å². The normalized spacial score (nSPS) is 18.4. The van der Waals surface area contributed by atoms with Crippen LogP contribution in [-0.4, -0.2) is 29.7 Å². The second-order valence-electron chi connectivity index (χ2n) is 8.48. The van der Waals surface area contributed by atoms with E-state index < -0.39 is 0 Å². The van der Waals surface area contributed by atoms with E-state index >= 15 is 0 Å². The number of carbonyl (C=O) groups is 2. The van der Waals surface area contributed by atoms with E-state index in [1.807, 2.05) is 30.3 Å². The van der Waals surface area contributed by atoms with Crippen molar-refractivity contribution < 1.29 is 19.1 Å². The summed E-state index contributed by atoms with van der Waals surface area (Å²) in [5.74, 6) is 1.47. The van der Waals surface area contributed by atoms with Crippen molar-refractivity contribution >= 4 is 29.0 Å². The van der Waals surface area contributed by atoms with Gasteiger partial charge in [-0.2, -0.15) is 0 Å². The molecule has 1 aliphatic heterocycles. The van der Waals surface area contributed by atoms with Gasteiger partial charge in [-0.1, -0.05) is 55.2 Å². The molecule has 2 fully saturated rings. The summed E-state index contributed by atoms with van der Waals surface area (Å²) in [6, 6.07) is 13.7. The number of hydrogen-bond acceptors (Lipinski definition) is 5. The van der Waals surface area contributed by atoms with Crippen molar-refractivity contribution in [2.24, 2.45) is 5.92 Å². The van der Waals surface area contributed by atoms with Gasteiger partial charge in [-0.05, 0) is 66.8 Å². The Kier molecular flexibility index (Phi) is 7.20. The predicted octanol–water partition coefficient (Wildman–Crippen LogP) is 6.20. The molecule has 0 bridgehead atoms. The molecular weight excluding hydrogens is 422 g/mol. The number of carbonyl (C=O) groups excluding carboxylic acids is 2. The molecule has 0 spiro atoms. The molecule has 1 saturated carbocycles. The van der Waals surface area contributed by atoms with Gasteiger partial charge in [0.15, 0.2) is 11.5 Å². The zero-order valence-corrected chi connectivity index (χ0v) is 19.5. The van der Waals surface area contributed by atoms with Crippen LogP contribution in [0.2, 0.25) is 0 Å². The van der Waals surface area contributed by atoms with Gasteiger partial charge < -0.3 is 9.47 Å². The molecule has 0 radical (unpaired) electrons. The lowest BCUT2D eigenvalue weighted by Gasteiger charge is -2.25. The molecule has 0 atom stereocenters. The van der Waals surface area contributed by atoms with Crippen molar-refractivity contribution in [2.45, 2.75) is 45.6 Å². The standard InChI is InChI=1S/C26H29NO4S/c1-18-7-6-10-21(13-18)17-31-22-12-11-20(14-23(22)30-2)15-24-25(28)27(26(29)32-24)16-19-8-4-3-5-9-19/h6-7,10-15,19H,3-5,8-9,16-17H2,1-2H3/b24-15+. The topological polar surface area (TPSA) is 55.8 Å². The molecule has 6 heteroatoms. The number of thioether (sulfide) groups is 1. The molecule has 168 valence electrons. The summed E-state index contributed by atoms with van der Waals surface area (Å²) in [4.78, 5) is 27.2. The smallest absolute Gasteiger partial charge is 0.293 e. The minimum absolute atomic E-state index is 0.170. The third-order valence-corrected chi connectivity index (χ3v) is 6.91. The second-order valence-corrected chi connectivity index (χ2v) is 9.48. The molecule has 4 rings (SSSR count). The number of methoxy groups -OCH3 is 1. The van der Waals surface area contributed by atoms with E-state index in [-0.39, 0.29) is 11.1 Å². The highest BCUT2D eigenvalue weighted by atomic mass is 32.2. The van der Waals surface area contributed by atoms with Crippen LogP contribution in [0.1, 0.15) is 48.8 Å². The maximum Gasteiger partial charge on any atom is 0.293 e. The first kappa shape index (κ1) is 22.5. The average molecular weight is 452 g/mol. The quantitative estimate of drug-likeness (QED) is 0.469. The van der Waals surface area contributed by atoms with Crippen LogP contribution in [0.15, 0.2) is 47.4 Å². The van der Waals surface area contributed by atoms with Crippen molar-refractivity contribution in [1.82, 2.24) is 4.90 Å². The van der Waals surface area contributed by atoms with Crippen LogP contribution in [0, 0.1) is 12.8 Å². The molecule has 5 nitrogen and oxygen atoms in total. The van der Waals surface area contributed by atoms with E-state index in [0.29, 0.717) is 35.5 Å². The number of benzene rings is 2. The largest absolute Gasteiger partial charge is 0.493 e. The number of ether oxygens (including phenoxy) is 2. The maximum atomic E-state index is 12.9. The van der Waals surface area contributed by atoms with Gasteiger partial charge in [-0.15, -0.1) is 0 Å². The molecule has 1 aliphatic carbocycles. The van der Waals surface area contributed by atoms with Crippen molar-refractivity contribution in [2.75, 3.05) is 13.7 Å². The van der Waals surface area contributed by atoms with Gasteiger partial charge in [0.1, 0.15) is 6.61 Å². The Morgan fingerprint density at radius 1 is 1.06 bits per heavy atom. The highest BCUT2D eigenvalue weighted by Gasteiger charge is 2.36. The van der Waals surface area contributed by atoms with Gasteiger partial charge in [0, 0.05) is 6.54 Å². The number of imide groups is 1. The van der Waals surface area contributed by atoms with Crippen molar-refractivity contribution in [3.8, 4) is 11.5 Å². The monoisotopic (exact) mass is 451 g/mol. The molecule has 0 unspecified atom stereocenters. The van der Waals surface area contributed by atoms with E-state index in [1.165, 1.54) is 29.7 Å². The third kappa shape index (κ3) is 5.36. The van der Waals surface area contributed by atoms with Crippen molar-refractivity contribution in [3.05, 3.63) is 64.1 Å². The number of rotatable bonds is 7. The fourth-order valence-corrected chi connectivity index (χ4v) is 5.14. The summed E-state index contributed by atoms with van der Waals surface area (Å²) in [6.07, 6.45) is 7.59. The maximum absolute atomic E-state index is 12.9. The second kappa shape index (κ2) is 10.3. The Labute approximate surface area is 193 Å². The zero-order chi connectivity index (χ0) is 22.5. The van der Waals surface area contributed by atoms with E-state index in [2.05, 4.69) is 19.1 Å². The van der Waals surface area contributed by atoms with Crippen LogP contribution in [0.3, 0.4) is 0 Å². The fraction of sp³-hybridized carbons (Fsp3) is 0.385. The number of hydrogen-bond donors (Lipinski definition) is 0. The van der Waals surface area contributed by atoms with Gasteiger partial charge in [0.05, 0.1) is 12.0 Å². The summed E-state index contributed by atoms with van der Waals surface area (Å²) in [5, 5.41) is -0.170. The number of aryl methyl sites for hydroxylation is 1. The lowest BCUT2D eigenvalue weighted by Crippen LogP contribution is -2.34. The summed E-state index contributed by atoms with van der Waals surface area (Å²) in [5.41, 5.74) is 3.07. The van der Waals surface area contributed by atoms with Crippen LogP contribution in [0.5, 0.6) is 11.5 Å². The lowest BCUT2D eigenvalue weighted by atomic mass is 9.89. The molecule has 0 aromatic heterocycles. The van der Waals surface area contributed by atoms with Gasteiger partial charge in [0.2, 0.25) is 0 Å². The SMILES string of the molecule is COc1cc(/C=C2/SC(=O)N(CC3CCCCC3)C2=O)ccc1OCc1cccc(C)c1. The minimum atomic E-state index is -0.190. The molecule has 1 saturated heterocycles. The van der Waals surface area contributed by atoms with Crippen LogP contribution < -0.4 is 9.47 Å². The summed E-state index contributed by atoms with van der Waals surface area (Å²) in [7, 11) is 1.59. The third-order valence-electron chi connectivity index (χ3n) is 6.00. The molecule has 0 N–H and O–H groups in total. The Morgan fingerprint density at radius 3 is 2.62 bits per heavy atom. The highest BCUT2D eigenvalue weighted by Crippen LogP contribution is 2.36. The molecule has 1 heterocycles. The highest BCUT2D eigenvalue weighted by molar-refractivity contribution is 8.18. The summed E-state index contributed by atoms with van der Waals surface area (Å²) >= 11 is 1.02. The first-order chi connectivity index (χ1) is 15.5. The van der Waals surface area contributed by atoms with Crippen molar-refractivity contribution in [3.63, 3.8) is 0 Å². The number of nitrogens with zero attached hydrogens (tertiary/aromatic N) is 1. The van der Waals surface area contributed by atoms with Crippen LogP contribution in [0.25, 0.3) is 6.08 Å². The molecular formula is C26H29NO4S. The molecule has 2 aromatic carbocycles. The molecule has 2 aliphatic rings. The Bertz CT molecular complexity index is 1030. The Hall–Kier alpha value is -2.73. The fourth-order valence-electron chi connectivity index (χ4n) is 4.29. The first-order valence-electron chi connectivity index (χ1n) is 11.2. The molecule has 32 heavy (non-hydrogen) atoms. The van der Waals surface area contributed by atoms with Crippen molar-refractivity contribution in [1.29, 1.82) is 0 Å². The van der Waals surface area contributed by atoms with Crippen LogP contribution >= 0.6 is 11.8 Å².